The van der Waals surface area contributed by atoms with Gasteiger partial charge in [0.05, 0.1) is 11.6 Å². The number of primary amides is 1. The van der Waals surface area contributed by atoms with E-state index in [1.807, 2.05) is 20.8 Å². The number of phenols is 1. The second-order valence-electron chi connectivity index (χ2n) is 11.7. The summed E-state index contributed by atoms with van der Waals surface area (Å²) in [6.45, 7) is 5.46. The molecule has 0 spiro atoms. The molecule has 0 fully saturated rings. The summed E-state index contributed by atoms with van der Waals surface area (Å²) in [5, 5.41) is 30.7. The van der Waals surface area contributed by atoms with Gasteiger partial charge < -0.3 is 21.3 Å². The van der Waals surface area contributed by atoms with Gasteiger partial charge in [-0.3, -0.25) is 24.1 Å². The van der Waals surface area contributed by atoms with E-state index < -0.39 is 69.2 Å². The number of benzene rings is 1. The zero-order chi connectivity index (χ0) is 30.6. The van der Waals surface area contributed by atoms with Crippen molar-refractivity contribution >= 4 is 29.5 Å². The number of nitrogens with zero attached hydrogens (tertiary/aromatic N) is 3. The van der Waals surface area contributed by atoms with Crippen LogP contribution in [0, 0.1) is 21.6 Å². The molecule has 4 rings (SSSR count). The topological polar surface area (TPSA) is 209 Å². The Balaban J connectivity index is 1.96. The quantitative estimate of drug-likeness (QED) is 0.226. The number of aliphatic hydroxyl groups is 1. The van der Waals surface area contributed by atoms with Crippen molar-refractivity contribution in [2.45, 2.75) is 50.7 Å². The molecule has 0 unspecified atom stereocenters. The molecule has 0 aliphatic heterocycles. The molecular formula is C28H31N5O8. The van der Waals surface area contributed by atoms with E-state index in [-0.39, 0.29) is 29.9 Å². The number of phenolic OH excluding ortho intramolecular Hbond substituents is 1. The number of likely N-dealkylation sites (N-methyl/N-ethyl adjacent to an activating group) is 1. The van der Waals surface area contributed by atoms with Crippen LogP contribution in [0.5, 0.6) is 5.75 Å². The molecule has 41 heavy (non-hydrogen) atoms. The third-order valence-electron chi connectivity index (χ3n) is 7.79. The number of aromatic hydroxyl groups is 1. The number of nitrogens with two attached hydrogens (primary N) is 1. The van der Waals surface area contributed by atoms with Gasteiger partial charge in [-0.1, -0.05) is 6.07 Å². The minimum atomic E-state index is -2.54. The zero-order valence-electron chi connectivity index (χ0n) is 23.2. The predicted octanol–water partition coefficient (Wildman–Crippen LogP) is 2.03. The van der Waals surface area contributed by atoms with Gasteiger partial charge in [0.25, 0.3) is 5.91 Å². The third kappa shape index (κ3) is 4.55. The first kappa shape index (κ1) is 29.5. The fourth-order valence-corrected chi connectivity index (χ4v) is 6.27. The van der Waals surface area contributed by atoms with Crippen molar-refractivity contribution in [1.29, 1.82) is 0 Å². The first-order valence-electron chi connectivity index (χ1n) is 12.9. The summed E-state index contributed by atoms with van der Waals surface area (Å²) in [4.78, 5) is 78.2. The summed E-state index contributed by atoms with van der Waals surface area (Å²) in [5.74, 6) is -6.89. The summed E-state index contributed by atoms with van der Waals surface area (Å²) in [6, 6.07) is 1.58. The van der Waals surface area contributed by atoms with Gasteiger partial charge >= 0.3 is 0 Å². The van der Waals surface area contributed by atoms with E-state index in [1.54, 1.807) is 0 Å². The largest absolute Gasteiger partial charge is 0.508 e. The number of hydrogen-bond donors (Lipinski definition) is 4. The van der Waals surface area contributed by atoms with Crippen LogP contribution in [-0.2, 0) is 20.8 Å². The third-order valence-corrected chi connectivity index (χ3v) is 7.79. The SMILES string of the molecule is CN(C)[C@@H]1C(=O)C(C(N)=O)=C(O)[C@@]2(N=O)C(N=O)=C3C(=O)c4c(O)ccc(/C=C/C(=O)NC(C)(C)C)c4C[C@H]3C[C@@H]12. The van der Waals surface area contributed by atoms with E-state index in [9.17, 15) is 39.2 Å². The fraction of sp³-hybridized carbons (Fsp3) is 0.429. The van der Waals surface area contributed by atoms with Gasteiger partial charge in [-0.25, -0.2) is 0 Å². The van der Waals surface area contributed by atoms with Crippen LogP contribution in [0.4, 0.5) is 0 Å². The van der Waals surface area contributed by atoms with Gasteiger partial charge in [-0.15, -0.1) is 9.81 Å². The second kappa shape index (κ2) is 10.1. The molecule has 216 valence electrons. The lowest BCUT2D eigenvalue weighted by Gasteiger charge is -2.49. The number of hydrogen-bond acceptors (Lipinski definition) is 11. The maximum atomic E-state index is 13.9. The highest BCUT2D eigenvalue weighted by Gasteiger charge is 2.65. The molecule has 3 aliphatic carbocycles. The fourth-order valence-electron chi connectivity index (χ4n) is 6.27. The number of nitroso groups, excluding NO2 is 2. The summed E-state index contributed by atoms with van der Waals surface area (Å²) in [6.07, 6.45) is 2.78. The Kier molecular flexibility index (Phi) is 7.29. The van der Waals surface area contributed by atoms with Crippen molar-refractivity contribution in [3.63, 3.8) is 0 Å². The number of rotatable bonds is 6. The number of aliphatic hydroxyl groups excluding tert-OH is 1. The molecule has 0 radical (unpaired) electrons. The van der Waals surface area contributed by atoms with Crippen LogP contribution < -0.4 is 11.1 Å². The molecule has 13 nitrogen and oxygen atoms in total. The van der Waals surface area contributed by atoms with Gasteiger partial charge in [0, 0.05) is 23.1 Å². The van der Waals surface area contributed by atoms with E-state index in [0.29, 0.717) is 11.1 Å². The number of carbonyl (C=O) groups is 4. The van der Waals surface area contributed by atoms with E-state index >= 15 is 0 Å². The Morgan fingerprint density at radius 2 is 1.83 bits per heavy atom. The number of ketones is 2. The van der Waals surface area contributed by atoms with Crippen molar-refractivity contribution in [3.8, 4) is 5.75 Å². The maximum absolute atomic E-state index is 13.9. The molecule has 0 heterocycles. The van der Waals surface area contributed by atoms with Gasteiger partial charge in [0.2, 0.25) is 11.4 Å². The Morgan fingerprint density at radius 3 is 2.37 bits per heavy atom. The molecule has 13 heteroatoms. The lowest BCUT2D eigenvalue weighted by Crippen LogP contribution is -2.61. The molecule has 0 aromatic heterocycles. The summed E-state index contributed by atoms with van der Waals surface area (Å²) in [7, 11) is 3.02. The van der Waals surface area contributed by atoms with Gasteiger partial charge in [-0.05, 0) is 87.2 Å². The van der Waals surface area contributed by atoms with Crippen molar-refractivity contribution < 1.29 is 29.4 Å². The van der Waals surface area contributed by atoms with E-state index in [4.69, 9.17) is 5.73 Å². The van der Waals surface area contributed by atoms with E-state index in [0.717, 1.165) is 0 Å². The highest BCUT2D eigenvalue weighted by atomic mass is 16.3. The molecular weight excluding hydrogens is 534 g/mol. The lowest BCUT2D eigenvalue weighted by molar-refractivity contribution is -0.128. The number of fused-ring (bicyclic) bond motifs is 3. The number of nitrogens with one attached hydrogen (secondary N) is 1. The predicted molar refractivity (Wildman–Crippen MR) is 147 cm³/mol. The molecule has 0 bridgehead atoms. The smallest absolute Gasteiger partial charge is 0.255 e. The number of Topliss-reactive ketones (excluding diaryl/α,β-unsaturated/α-hetero) is 2. The Morgan fingerprint density at radius 1 is 1.17 bits per heavy atom. The Labute approximate surface area is 235 Å². The Hall–Kier alpha value is -4.52. The Bertz CT molecular complexity index is 1500. The minimum absolute atomic E-state index is 0.0668. The summed E-state index contributed by atoms with van der Waals surface area (Å²) >= 11 is 0. The van der Waals surface area contributed by atoms with Crippen molar-refractivity contribution in [1.82, 2.24) is 10.2 Å². The molecule has 0 saturated heterocycles. The second-order valence-corrected chi connectivity index (χ2v) is 11.7. The minimum Gasteiger partial charge on any atom is -0.508 e. The first-order valence-corrected chi connectivity index (χ1v) is 12.9. The van der Waals surface area contributed by atoms with Crippen molar-refractivity contribution in [2.24, 2.45) is 27.9 Å². The van der Waals surface area contributed by atoms with E-state index in [2.05, 4.69) is 15.7 Å². The molecule has 1 aromatic rings. The first-order chi connectivity index (χ1) is 19.1. The zero-order valence-corrected chi connectivity index (χ0v) is 23.2. The van der Waals surface area contributed by atoms with Crippen LogP contribution in [0.25, 0.3) is 6.08 Å². The lowest BCUT2D eigenvalue weighted by atomic mass is 9.57. The number of allylic oxidation sites excluding steroid dienone is 1. The molecule has 1 aromatic carbocycles. The monoisotopic (exact) mass is 565 g/mol. The number of amides is 2. The van der Waals surface area contributed by atoms with Crippen LogP contribution in [0.3, 0.4) is 0 Å². The molecule has 4 atom stereocenters. The van der Waals surface area contributed by atoms with Crippen molar-refractivity contribution in [3.05, 3.63) is 67.3 Å². The van der Waals surface area contributed by atoms with Crippen molar-refractivity contribution in [2.75, 3.05) is 14.1 Å². The maximum Gasteiger partial charge on any atom is 0.255 e. The molecule has 0 saturated carbocycles. The van der Waals surface area contributed by atoms with E-state index in [1.165, 1.54) is 43.3 Å². The van der Waals surface area contributed by atoms with Crippen LogP contribution >= 0.6 is 0 Å². The molecule has 2 amide bonds. The van der Waals surface area contributed by atoms with Crippen LogP contribution in [-0.4, -0.2) is 69.7 Å². The van der Waals surface area contributed by atoms with Gasteiger partial charge in [0.1, 0.15) is 22.8 Å². The average Bonchev–Trinajstić information content (AvgIpc) is 2.85. The molecule has 5 N–H and O–H groups in total. The van der Waals surface area contributed by atoms with Crippen LogP contribution in [0.1, 0.15) is 48.7 Å². The summed E-state index contributed by atoms with van der Waals surface area (Å²) in [5.41, 5.74) is 1.16. The highest BCUT2D eigenvalue weighted by Crippen LogP contribution is 2.56. The summed E-state index contributed by atoms with van der Waals surface area (Å²) < 4.78 is 0. The van der Waals surface area contributed by atoms with Gasteiger partial charge in [0.15, 0.2) is 11.6 Å². The standard InChI is InChI=1S/C28H31N5O8/c1-27(2,3)30-17(35)9-7-12-6-8-16(34)19-14(12)10-13-11-15-21(33(4)5)23(37)20(26(29)39)25(38)28(15,32-41)24(31-40)18(13)22(19)36/h6-9,13,15,21,34,38H,10-11H2,1-5H3,(H2,29,39)(H,30,35)/b9-7+/t13-,15-,21-,28-/m0/s1. The average molecular weight is 566 g/mol. The molecule has 3 aliphatic rings. The normalized spacial score (nSPS) is 26.0. The number of carbonyl (C=O) groups excluding carboxylic acids is 4. The van der Waals surface area contributed by atoms with Crippen LogP contribution in [0.15, 0.2) is 51.2 Å². The highest BCUT2D eigenvalue weighted by molar-refractivity contribution is 6.22. The van der Waals surface area contributed by atoms with Crippen LogP contribution in [0.2, 0.25) is 0 Å². The van der Waals surface area contributed by atoms with Gasteiger partial charge in [-0.2, -0.15) is 0 Å².